The third kappa shape index (κ3) is 4.32. The Morgan fingerprint density at radius 2 is 1.71 bits per heavy atom. The summed E-state index contributed by atoms with van der Waals surface area (Å²) in [5, 5.41) is 11.0. The molecule has 150 valence electrons. The monoisotopic (exact) mass is 405 g/mol. The molecule has 1 aliphatic rings. The number of rotatable bonds is 6. The van der Waals surface area contributed by atoms with E-state index in [9.17, 15) is 18.5 Å². The van der Waals surface area contributed by atoms with Gasteiger partial charge in [-0.05, 0) is 30.2 Å². The van der Waals surface area contributed by atoms with Crippen molar-refractivity contribution in [3.05, 3.63) is 63.7 Å². The molecule has 0 unspecified atom stereocenters. The highest BCUT2D eigenvalue weighted by Gasteiger charge is 2.30. The van der Waals surface area contributed by atoms with Crippen molar-refractivity contribution >= 4 is 15.7 Å². The van der Waals surface area contributed by atoms with Crippen LogP contribution in [-0.4, -0.2) is 55.8 Å². The smallest absolute Gasteiger partial charge is 0.270 e. The van der Waals surface area contributed by atoms with Gasteiger partial charge in [-0.1, -0.05) is 18.2 Å². The topological polar surface area (TPSA) is 93.0 Å². The van der Waals surface area contributed by atoms with Crippen molar-refractivity contribution in [1.29, 1.82) is 0 Å². The molecule has 9 heteroatoms. The van der Waals surface area contributed by atoms with Crippen LogP contribution >= 0.6 is 0 Å². The fourth-order valence-electron chi connectivity index (χ4n) is 3.24. The zero-order valence-corrected chi connectivity index (χ0v) is 16.7. The number of nitro groups is 1. The fourth-order valence-corrected chi connectivity index (χ4v) is 4.90. The Morgan fingerprint density at radius 3 is 2.29 bits per heavy atom. The summed E-state index contributed by atoms with van der Waals surface area (Å²) in [5.74, 6) is 0.798. The van der Waals surface area contributed by atoms with Gasteiger partial charge in [0.2, 0.25) is 10.0 Å². The average Bonchev–Trinajstić information content (AvgIpc) is 2.69. The predicted octanol–water partition coefficient (Wildman–Crippen LogP) is 2.42. The maximum Gasteiger partial charge on any atom is 0.270 e. The molecule has 28 heavy (non-hydrogen) atoms. The van der Waals surface area contributed by atoms with Gasteiger partial charge in [0.05, 0.1) is 16.9 Å². The lowest BCUT2D eigenvalue weighted by Gasteiger charge is -2.34. The first-order valence-corrected chi connectivity index (χ1v) is 10.4. The van der Waals surface area contributed by atoms with Crippen molar-refractivity contribution in [2.75, 3.05) is 33.3 Å². The number of piperazine rings is 1. The molecule has 0 N–H and O–H groups in total. The van der Waals surface area contributed by atoms with Gasteiger partial charge in [-0.2, -0.15) is 4.31 Å². The molecule has 0 spiro atoms. The summed E-state index contributed by atoms with van der Waals surface area (Å²) in [6.45, 7) is 4.27. The Bertz CT molecular complexity index is 952. The van der Waals surface area contributed by atoms with Crippen molar-refractivity contribution in [2.45, 2.75) is 18.4 Å². The maximum absolute atomic E-state index is 13.0. The van der Waals surface area contributed by atoms with E-state index in [0.29, 0.717) is 31.7 Å². The van der Waals surface area contributed by atoms with Crippen molar-refractivity contribution in [3.63, 3.8) is 0 Å². The van der Waals surface area contributed by atoms with E-state index in [1.165, 1.54) is 16.4 Å². The molecule has 0 amide bonds. The standard InChI is InChI=1S/C19H23N3O5S/c1-15-3-6-17(22(23)24)13-19(15)28(25,26)21-11-9-20(10-12-21)14-16-4-7-18(27-2)8-5-16/h3-8,13H,9-12,14H2,1-2H3. The number of aryl methyl sites for hydroxylation is 1. The number of nitro benzene ring substituents is 1. The van der Waals surface area contributed by atoms with E-state index < -0.39 is 14.9 Å². The molecule has 0 bridgehead atoms. The van der Waals surface area contributed by atoms with E-state index >= 15 is 0 Å². The third-order valence-corrected chi connectivity index (χ3v) is 6.94. The summed E-state index contributed by atoms with van der Waals surface area (Å²) in [6, 6.07) is 11.7. The normalized spacial score (nSPS) is 16.1. The molecule has 1 fully saturated rings. The molecule has 0 radical (unpaired) electrons. The molecule has 0 atom stereocenters. The first-order valence-electron chi connectivity index (χ1n) is 8.92. The quantitative estimate of drug-likeness (QED) is 0.541. The molecule has 8 nitrogen and oxygen atoms in total. The van der Waals surface area contributed by atoms with Gasteiger partial charge in [-0.25, -0.2) is 8.42 Å². The van der Waals surface area contributed by atoms with Crippen molar-refractivity contribution in [1.82, 2.24) is 9.21 Å². The summed E-state index contributed by atoms with van der Waals surface area (Å²) in [4.78, 5) is 12.6. The van der Waals surface area contributed by atoms with Crippen LogP contribution in [0.3, 0.4) is 0 Å². The molecule has 2 aromatic rings. The highest BCUT2D eigenvalue weighted by molar-refractivity contribution is 7.89. The lowest BCUT2D eigenvalue weighted by atomic mass is 10.2. The number of hydrogen-bond acceptors (Lipinski definition) is 6. The van der Waals surface area contributed by atoms with E-state index in [0.717, 1.165) is 23.9 Å². The van der Waals surface area contributed by atoms with Crippen LogP contribution in [0.1, 0.15) is 11.1 Å². The Balaban J connectivity index is 1.68. The van der Waals surface area contributed by atoms with Crippen LogP contribution in [0.25, 0.3) is 0 Å². The molecule has 1 aliphatic heterocycles. The maximum atomic E-state index is 13.0. The minimum Gasteiger partial charge on any atom is -0.497 e. The van der Waals surface area contributed by atoms with E-state index in [4.69, 9.17) is 4.74 Å². The zero-order valence-electron chi connectivity index (χ0n) is 15.9. The van der Waals surface area contributed by atoms with Crippen LogP contribution in [0, 0.1) is 17.0 Å². The Hall–Kier alpha value is -2.49. The fraction of sp³-hybridized carbons (Fsp3) is 0.368. The number of benzene rings is 2. The SMILES string of the molecule is COc1ccc(CN2CCN(S(=O)(=O)c3cc([N+](=O)[O-])ccc3C)CC2)cc1. The van der Waals surface area contributed by atoms with Gasteiger partial charge in [-0.15, -0.1) is 0 Å². The number of hydrogen-bond donors (Lipinski definition) is 0. The lowest BCUT2D eigenvalue weighted by Crippen LogP contribution is -2.48. The van der Waals surface area contributed by atoms with Crippen LogP contribution < -0.4 is 4.74 Å². The molecule has 1 heterocycles. The van der Waals surface area contributed by atoms with Crippen molar-refractivity contribution in [3.8, 4) is 5.75 Å². The number of ether oxygens (including phenoxy) is 1. The molecule has 0 aliphatic carbocycles. The molecule has 2 aromatic carbocycles. The van der Waals surface area contributed by atoms with E-state index in [2.05, 4.69) is 4.90 Å². The van der Waals surface area contributed by atoms with Crippen LogP contribution in [0.4, 0.5) is 5.69 Å². The molecular formula is C19H23N3O5S. The van der Waals surface area contributed by atoms with Gasteiger partial charge in [0.25, 0.3) is 5.69 Å². The molecular weight excluding hydrogens is 382 g/mol. The Labute approximate surface area is 164 Å². The second-order valence-electron chi connectivity index (χ2n) is 6.74. The summed E-state index contributed by atoms with van der Waals surface area (Å²) in [5.41, 5.74) is 1.42. The number of sulfonamides is 1. The first-order chi connectivity index (χ1) is 13.3. The van der Waals surface area contributed by atoms with Crippen LogP contribution in [-0.2, 0) is 16.6 Å². The second-order valence-corrected chi connectivity index (χ2v) is 8.64. The number of nitrogens with zero attached hydrogens (tertiary/aromatic N) is 3. The van der Waals surface area contributed by atoms with Crippen LogP contribution in [0.15, 0.2) is 47.4 Å². The largest absolute Gasteiger partial charge is 0.497 e. The Morgan fingerprint density at radius 1 is 1.07 bits per heavy atom. The lowest BCUT2D eigenvalue weighted by molar-refractivity contribution is -0.385. The summed E-state index contributed by atoms with van der Waals surface area (Å²) < 4.78 is 32.5. The molecule has 0 aromatic heterocycles. The number of non-ortho nitro benzene ring substituents is 1. The van der Waals surface area contributed by atoms with Crippen LogP contribution in [0.5, 0.6) is 5.75 Å². The minimum absolute atomic E-state index is 0.00491. The molecule has 3 rings (SSSR count). The van der Waals surface area contributed by atoms with Gasteiger partial charge < -0.3 is 4.74 Å². The Kier molecular flexibility index (Phi) is 5.97. The third-order valence-electron chi connectivity index (χ3n) is 4.90. The highest BCUT2D eigenvalue weighted by atomic mass is 32.2. The molecule has 1 saturated heterocycles. The van der Waals surface area contributed by atoms with Gasteiger partial charge in [0.1, 0.15) is 5.75 Å². The van der Waals surface area contributed by atoms with E-state index in [-0.39, 0.29) is 10.6 Å². The summed E-state index contributed by atoms with van der Waals surface area (Å²) in [6.07, 6.45) is 0. The first kappa shape index (κ1) is 20.2. The van der Waals surface area contributed by atoms with Gasteiger partial charge in [-0.3, -0.25) is 15.0 Å². The summed E-state index contributed by atoms with van der Waals surface area (Å²) >= 11 is 0. The summed E-state index contributed by atoms with van der Waals surface area (Å²) in [7, 11) is -2.15. The zero-order chi connectivity index (χ0) is 20.3. The van der Waals surface area contributed by atoms with Gasteiger partial charge in [0.15, 0.2) is 0 Å². The van der Waals surface area contributed by atoms with Crippen molar-refractivity contribution < 1.29 is 18.1 Å². The highest BCUT2D eigenvalue weighted by Crippen LogP contribution is 2.26. The minimum atomic E-state index is -3.77. The number of methoxy groups -OCH3 is 1. The van der Waals surface area contributed by atoms with Gasteiger partial charge >= 0.3 is 0 Å². The second kappa shape index (κ2) is 8.26. The van der Waals surface area contributed by atoms with E-state index in [1.54, 1.807) is 14.0 Å². The average molecular weight is 405 g/mol. The van der Waals surface area contributed by atoms with E-state index in [1.807, 2.05) is 24.3 Å². The molecule has 0 saturated carbocycles. The predicted molar refractivity (Wildman–Crippen MR) is 105 cm³/mol. The van der Waals surface area contributed by atoms with Crippen molar-refractivity contribution in [2.24, 2.45) is 0 Å². The van der Waals surface area contributed by atoms with Gasteiger partial charge in [0, 0.05) is 44.9 Å². The van der Waals surface area contributed by atoms with Crippen LogP contribution in [0.2, 0.25) is 0 Å².